The molecule has 4 heteroatoms. The van der Waals surface area contributed by atoms with Gasteiger partial charge in [0.15, 0.2) is 0 Å². The first-order chi connectivity index (χ1) is 11.6. The summed E-state index contributed by atoms with van der Waals surface area (Å²) in [6.45, 7) is 3.51. The van der Waals surface area contributed by atoms with E-state index in [0.29, 0.717) is 24.2 Å². The minimum atomic E-state index is -0.287. The number of halogens is 1. The van der Waals surface area contributed by atoms with Crippen molar-refractivity contribution in [3.8, 4) is 11.4 Å². The number of allylic oxidation sites excluding steroid dienone is 1. The third-order valence-corrected chi connectivity index (χ3v) is 3.85. The number of hydrogen-bond donors (Lipinski definition) is 2. The predicted octanol–water partition coefficient (Wildman–Crippen LogP) is 4.81. The second-order valence-electron chi connectivity index (χ2n) is 5.80. The molecule has 0 bridgehead atoms. The summed E-state index contributed by atoms with van der Waals surface area (Å²) in [5.41, 5.74) is 3.69. The number of H-pyrrole nitrogens is 1. The highest BCUT2D eigenvalue weighted by molar-refractivity contribution is 5.56. The van der Waals surface area contributed by atoms with Crippen LogP contribution in [0.1, 0.15) is 23.2 Å². The van der Waals surface area contributed by atoms with E-state index in [4.69, 9.17) is 0 Å². The van der Waals surface area contributed by atoms with E-state index in [-0.39, 0.29) is 11.6 Å². The molecule has 2 N–H and O–H groups in total. The van der Waals surface area contributed by atoms with E-state index in [0.717, 1.165) is 23.2 Å². The van der Waals surface area contributed by atoms with Gasteiger partial charge in [-0.05, 0) is 29.7 Å². The highest BCUT2D eigenvalue weighted by Crippen LogP contribution is 2.20. The Morgan fingerprint density at radius 1 is 1.12 bits per heavy atom. The topological polar surface area (TPSA) is 48.9 Å². The van der Waals surface area contributed by atoms with Crippen LogP contribution in [0.5, 0.6) is 0 Å². The van der Waals surface area contributed by atoms with Gasteiger partial charge in [-0.25, -0.2) is 9.37 Å². The van der Waals surface area contributed by atoms with E-state index in [9.17, 15) is 9.50 Å². The van der Waals surface area contributed by atoms with Crippen LogP contribution in [0.2, 0.25) is 0 Å². The highest BCUT2D eigenvalue weighted by Gasteiger charge is 2.08. The molecule has 1 heterocycles. The van der Waals surface area contributed by atoms with Crippen molar-refractivity contribution in [2.75, 3.05) is 0 Å². The average molecular weight is 322 g/mol. The first-order valence-corrected chi connectivity index (χ1v) is 7.85. The van der Waals surface area contributed by atoms with E-state index in [1.807, 2.05) is 18.2 Å². The van der Waals surface area contributed by atoms with Gasteiger partial charge in [0, 0.05) is 24.7 Å². The van der Waals surface area contributed by atoms with Crippen molar-refractivity contribution in [1.82, 2.24) is 9.97 Å². The molecule has 2 aromatic carbocycles. The van der Waals surface area contributed by atoms with E-state index in [1.165, 1.54) is 6.07 Å². The first-order valence-electron chi connectivity index (χ1n) is 7.85. The zero-order valence-corrected chi connectivity index (χ0v) is 13.3. The molecule has 3 nitrogen and oxygen atoms in total. The smallest absolute Gasteiger partial charge is 0.140 e. The Hall–Kier alpha value is -2.88. The van der Waals surface area contributed by atoms with Gasteiger partial charge in [-0.15, -0.1) is 0 Å². The van der Waals surface area contributed by atoms with Gasteiger partial charge in [0.05, 0.1) is 11.3 Å². The van der Waals surface area contributed by atoms with Crippen molar-refractivity contribution in [1.29, 1.82) is 0 Å². The molecule has 0 aliphatic carbocycles. The maximum Gasteiger partial charge on any atom is 0.140 e. The number of rotatable bonds is 6. The van der Waals surface area contributed by atoms with Crippen LogP contribution in [0.15, 0.2) is 67.1 Å². The lowest BCUT2D eigenvalue weighted by molar-refractivity contribution is 0.391. The lowest BCUT2D eigenvalue weighted by atomic mass is 10.0. The molecule has 1 aromatic heterocycles. The highest BCUT2D eigenvalue weighted by atomic mass is 19.1. The first kappa shape index (κ1) is 16.0. The number of nitrogens with one attached hydrogen (secondary N) is 1. The van der Waals surface area contributed by atoms with Crippen molar-refractivity contribution in [3.05, 3.63) is 89.7 Å². The summed E-state index contributed by atoms with van der Waals surface area (Å²) < 4.78 is 13.8. The van der Waals surface area contributed by atoms with Gasteiger partial charge in [0.25, 0.3) is 0 Å². The van der Waals surface area contributed by atoms with Crippen LogP contribution >= 0.6 is 0 Å². The van der Waals surface area contributed by atoms with Crippen molar-refractivity contribution in [3.63, 3.8) is 0 Å². The predicted molar refractivity (Wildman–Crippen MR) is 93.3 cm³/mol. The number of aryl methyl sites for hydroxylation is 1. The molecule has 3 rings (SSSR count). The minimum absolute atomic E-state index is 0.198. The van der Waals surface area contributed by atoms with Crippen molar-refractivity contribution < 1.29 is 9.50 Å². The molecule has 0 amide bonds. The van der Waals surface area contributed by atoms with Gasteiger partial charge in [-0.1, -0.05) is 43.0 Å². The van der Waals surface area contributed by atoms with Crippen LogP contribution < -0.4 is 0 Å². The number of aliphatic hydroxyl groups is 1. The van der Waals surface area contributed by atoms with E-state index >= 15 is 0 Å². The fraction of sp³-hybridized carbons (Fsp3) is 0.150. The van der Waals surface area contributed by atoms with Gasteiger partial charge < -0.3 is 10.1 Å². The Morgan fingerprint density at radius 2 is 1.92 bits per heavy atom. The molecule has 122 valence electrons. The zero-order chi connectivity index (χ0) is 16.9. The maximum atomic E-state index is 13.8. The Bertz CT molecular complexity index is 854. The Labute approximate surface area is 140 Å². The normalized spacial score (nSPS) is 10.7. The molecule has 24 heavy (non-hydrogen) atoms. The number of nitrogens with zero attached hydrogens (tertiary/aromatic N) is 1. The third kappa shape index (κ3) is 3.90. The average Bonchev–Trinajstić information content (AvgIpc) is 3.02. The molecular weight excluding hydrogens is 303 g/mol. The number of aromatic nitrogens is 2. The summed E-state index contributed by atoms with van der Waals surface area (Å²) in [4.78, 5) is 7.47. The van der Waals surface area contributed by atoms with Crippen LogP contribution in [0.3, 0.4) is 0 Å². The van der Waals surface area contributed by atoms with Crippen molar-refractivity contribution in [2.45, 2.75) is 19.3 Å². The summed E-state index contributed by atoms with van der Waals surface area (Å²) in [6, 6.07) is 14.8. The third-order valence-electron chi connectivity index (χ3n) is 3.85. The largest absolute Gasteiger partial charge is 0.513 e. The second-order valence-corrected chi connectivity index (χ2v) is 5.80. The standard InChI is InChI=1S/C20H19FN2O/c1-14(24)9-10-15-5-4-6-16(11-15)12-17-13-22-20(23-17)18-7-2-3-8-19(18)21/h2-8,11,13,24H,1,9-10,12H2,(H,22,23). The van der Waals surface area contributed by atoms with Gasteiger partial charge in [-0.3, -0.25) is 0 Å². The van der Waals surface area contributed by atoms with E-state index in [1.54, 1.807) is 24.4 Å². The molecule has 0 saturated carbocycles. The molecule has 3 aromatic rings. The SMILES string of the molecule is C=C(O)CCc1cccc(Cc2cnc(-c3ccccc3F)[nH]2)c1. The number of imidazole rings is 1. The molecular formula is C20H19FN2O. The van der Waals surface area contributed by atoms with Crippen LogP contribution in [0, 0.1) is 5.82 Å². The Morgan fingerprint density at radius 3 is 2.71 bits per heavy atom. The van der Waals surface area contributed by atoms with Crippen LogP contribution in [0.4, 0.5) is 4.39 Å². The van der Waals surface area contributed by atoms with Gasteiger partial charge >= 0.3 is 0 Å². The van der Waals surface area contributed by atoms with Crippen LogP contribution in [-0.2, 0) is 12.8 Å². The lowest BCUT2D eigenvalue weighted by Gasteiger charge is -2.04. The van der Waals surface area contributed by atoms with Crippen LogP contribution in [0.25, 0.3) is 11.4 Å². The monoisotopic (exact) mass is 322 g/mol. The maximum absolute atomic E-state index is 13.8. The number of benzene rings is 2. The van der Waals surface area contributed by atoms with Crippen molar-refractivity contribution in [2.24, 2.45) is 0 Å². The minimum Gasteiger partial charge on any atom is -0.513 e. The summed E-state index contributed by atoms with van der Waals surface area (Å²) in [7, 11) is 0. The van der Waals surface area contributed by atoms with Crippen molar-refractivity contribution >= 4 is 0 Å². The lowest BCUT2D eigenvalue weighted by Crippen LogP contribution is -1.93. The zero-order valence-electron chi connectivity index (χ0n) is 13.3. The van der Waals surface area contributed by atoms with E-state index in [2.05, 4.69) is 22.6 Å². The number of aromatic amines is 1. The summed E-state index contributed by atoms with van der Waals surface area (Å²) in [5.74, 6) is 0.448. The number of hydrogen-bond acceptors (Lipinski definition) is 2. The molecule has 0 fully saturated rings. The molecule has 0 atom stereocenters. The van der Waals surface area contributed by atoms with Gasteiger partial charge in [0.1, 0.15) is 11.6 Å². The Balaban J connectivity index is 1.74. The van der Waals surface area contributed by atoms with Crippen LogP contribution in [-0.4, -0.2) is 15.1 Å². The molecule has 0 unspecified atom stereocenters. The summed E-state index contributed by atoms with van der Waals surface area (Å²) >= 11 is 0. The van der Waals surface area contributed by atoms with Gasteiger partial charge in [-0.2, -0.15) is 0 Å². The molecule has 0 aliphatic heterocycles. The fourth-order valence-corrected chi connectivity index (χ4v) is 2.64. The number of aliphatic hydroxyl groups excluding tert-OH is 1. The van der Waals surface area contributed by atoms with Gasteiger partial charge in [0.2, 0.25) is 0 Å². The molecule has 0 radical (unpaired) electrons. The van der Waals surface area contributed by atoms with E-state index < -0.39 is 0 Å². The fourth-order valence-electron chi connectivity index (χ4n) is 2.64. The molecule has 0 aliphatic rings. The molecule has 0 spiro atoms. The second kappa shape index (κ2) is 7.13. The summed E-state index contributed by atoms with van der Waals surface area (Å²) in [6.07, 6.45) is 3.75. The quantitative estimate of drug-likeness (QED) is 0.640. The Kier molecular flexibility index (Phi) is 4.75. The summed E-state index contributed by atoms with van der Waals surface area (Å²) in [5, 5.41) is 9.21. The molecule has 0 saturated heterocycles.